The first kappa shape index (κ1) is 12.7. The molecule has 0 fully saturated rings. The summed E-state index contributed by atoms with van der Waals surface area (Å²) in [6.07, 6.45) is 4.29. The molecule has 1 radical (unpaired) electrons. The van der Waals surface area contributed by atoms with Gasteiger partial charge in [-0.2, -0.15) is 0 Å². The van der Waals surface area contributed by atoms with Crippen molar-refractivity contribution in [2.24, 2.45) is 0 Å². The van der Waals surface area contributed by atoms with E-state index in [0.717, 1.165) is 5.56 Å². The van der Waals surface area contributed by atoms with Gasteiger partial charge in [0.2, 0.25) is 10.0 Å². The SMILES string of the molecule is CCNS(=O)(=O)c1ccccc1-c1c[c]ncc1. The molecule has 0 amide bonds. The largest absolute Gasteiger partial charge is 0.255 e. The number of nitrogens with zero attached hydrogens (tertiary/aromatic N) is 1. The maximum Gasteiger partial charge on any atom is 0.241 e. The van der Waals surface area contributed by atoms with E-state index in [9.17, 15) is 8.42 Å². The van der Waals surface area contributed by atoms with Crippen LogP contribution in [-0.4, -0.2) is 19.9 Å². The number of sulfonamides is 1. The molecule has 5 heteroatoms. The van der Waals surface area contributed by atoms with Crippen LogP contribution in [0.3, 0.4) is 0 Å². The van der Waals surface area contributed by atoms with Gasteiger partial charge in [0.25, 0.3) is 0 Å². The Bertz CT molecular complexity index is 624. The molecule has 2 aromatic rings. The summed E-state index contributed by atoms with van der Waals surface area (Å²) >= 11 is 0. The van der Waals surface area contributed by atoms with Crippen molar-refractivity contribution in [1.29, 1.82) is 0 Å². The molecule has 0 bridgehead atoms. The minimum Gasteiger partial charge on any atom is -0.255 e. The van der Waals surface area contributed by atoms with Crippen LogP contribution in [-0.2, 0) is 10.0 Å². The Labute approximate surface area is 107 Å². The highest BCUT2D eigenvalue weighted by Gasteiger charge is 2.17. The lowest BCUT2D eigenvalue weighted by Gasteiger charge is -2.10. The minimum atomic E-state index is -3.47. The monoisotopic (exact) mass is 261 g/mol. The van der Waals surface area contributed by atoms with Gasteiger partial charge in [-0.15, -0.1) is 0 Å². The molecule has 2 rings (SSSR count). The van der Waals surface area contributed by atoms with Gasteiger partial charge < -0.3 is 0 Å². The maximum absolute atomic E-state index is 12.1. The molecule has 0 aliphatic rings. The molecule has 0 unspecified atom stereocenters. The fourth-order valence-electron chi connectivity index (χ4n) is 1.69. The van der Waals surface area contributed by atoms with E-state index < -0.39 is 10.0 Å². The Balaban J connectivity index is 2.58. The van der Waals surface area contributed by atoms with Crippen LogP contribution < -0.4 is 4.72 Å². The average Bonchev–Trinajstić information content (AvgIpc) is 2.40. The van der Waals surface area contributed by atoms with Crippen LogP contribution >= 0.6 is 0 Å². The predicted octanol–water partition coefficient (Wildman–Crippen LogP) is 1.85. The molecule has 1 aromatic carbocycles. The first-order chi connectivity index (χ1) is 8.65. The third-order valence-electron chi connectivity index (χ3n) is 2.45. The van der Waals surface area contributed by atoms with E-state index in [1.165, 1.54) is 0 Å². The summed E-state index contributed by atoms with van der Waals surface area (Å²) < 4.78 is 26.7. The molecule has 4 nitrogen and oxygen atoms in total. The van der Waals surface area contributed by atoms with Crippen molar-refractivity contribution >= 4 is 10.0 Å². The Morgan fingerprint density at radius 2 is 2.06 bits per heavy atom. The van der Waals surface area contributed by atoms with Crippen molar-refractivity contribution < 1.29 is 8.42 Å². The van der Waals surface area contributed by atoms with E-state index in [2.05, 4.69) is 15.9 Å². The lowest BCUT2D eigenvalue weighted by molar-refractivity contribution is 0.584. The second kappa shape index (κ2) is 5.29. The summed E-state index contributed by atoms with van der Waals surface area (Å²) in [6, 6.07) is 10.3. The molecule has 0 aliphatic carbocycles. The maximum atomic E-state index is 12.1. The Kier molecular flexibility index (Phi) is 3.74. The molecule has 1 N–H and O–H groups in total. The molecular formula is C13H13N2O2S. The lowest BCUT2D eigenvalue weighted by atomic mass is 10.1. The van der Waals surface area contributed by atoms with Gasteiger partial charge in [-0.3, -0.25) is 4.98 Å². The highest BCUT2D eigenvalue weighted by Crippen LogP contribution is 2.26. The van der Waals surface area contributed by atoms with Gasteiger partial charge in [0.15, 0.2) is 0 Å². The number of hydrogen-bond acceptors (Lipinski definition) is 3. The van der Waals surface area contributed by atoms with Crippen molar-refractivity contribution in [3.8, 4) is 11.1 Å². The second-order valence-electron chi connectivity index (χ2n) is 3.67. The molecule has 1 aromatic heterocycles. The van der Waals surface area contributed by atoms with Crippen molar-refractivity contribution in [2.75, 3.05) is 6.54 Å². The van der Waals surface area contributed by atoms with Crippen molar-refractivity contribution in [3.63, 3.8) is 0 Å². The number of rotatable bonds is 4. The number of nitrogens with one attached hydrogen (secondary N) is 1. The average molecular weight is 261 g/mol. The fourth-order valence-corrected chi connectivity index (χ4v) is 2.96. The molecule has 0 atom stereocenters. The first-order valence-electron chi connectivity index (χ1n) is 5.56. The minimum absolute atomic E-state index is 0.270. The summed E-state index contributed by atoms with van der Waals surface area (Å²) in [6.45, 7) is 2.11. The molecule has 1 heterocycles. The van der Waals surface area contributed by atoms with Crippen molar-refractivity contribution in [3.05, 3.63) is 48.8 Å². The van der Waals surface area contributed by atoms with E-state index >= 15 is 0 Å². The first-order valence-corrected chi connectivity index (χ1v) is 7.04. The van der Waals surface area contributed by atoms with E-state index in [4.69, 9.17) is 0 Å². The van der Waals surface area contributed by atoms with E-state index in [-0.39, 0.29) is 4.90 Å². The topological polar surface area (TPSA) is 59.1 Å². The number of aromatic nitrogens is 1. The zero-order valence-electron chi connectivity index (χ0n) is 9.92. The zero-order valence-corrected chi connectivity index (χ0v) is 10.7. The summed E-state index contributed by atoms with van der Waals surface area (Å²) in [5, 5.41) is 0. The van der Waals surface area contributed by atoms with Gasteiger partial charge in [-0.1, -0.05) is 25.1 Å². The van der Waals surface area contributed by atoms with Gasteiger partial charge in [-0.25, -0.2) is 13.1 Å². The van der Waals surface area contributed by atoms with E-state index in [1.54, 1.807) is 49.5 Å². The van der Waals surface area contributed by atoms with Gasteiger partial charge in [0.1, 0.15) is 0 Å². The highest BCUT2D eigenvalue weighted by molar-refractivity contribution is 7.89. The van der Waals surface area contributed by atoms with Crippen LogP contribution in [0.2, 0.25) is 0 Å². The lowest BCUT2D eigenvalue weighted by Crippen LogP contribution is -2.23. The van der Waals surface area contributed by atoms with Crippen molar-refractivity contribution in [1.82, 2.24) is 9.71 Å². The Morgan fingerprint density at radius 3 is 2.72 bits per heavy atom. The molecule has 0 aliphatic heterocycles. The number of pyridine rings is 1. The van der Waals surface area contributed by atoms with Gasteiger partial charge in [0, 0.05) is 18.3 Å². The van der Waals surface area contributed by atoms with E-state index in [1.807, 2.05) is 0 Å². The summed E-state index contributed by atoms with van der Waals surface area (Å²) in [5.74, 6) is 0. The summed E-state index contributed by atoms with van der Waals surface area (Å²) in [5.41, 5.74) is 1.43. The van der Waals surface area contributed by atoms with Crippen LogP contribution in [0.25, 0.3) is 11.1 Å². The fraction of sp³-hybridized carbons (Fsp3) is 0.154. The number of benzene rings is 1. The van der Waals surface area contributed by atoms with Crippen LogP contribution in [0.4, 0.5) is 0 Å². The molecule has 93 valence electrons. The van der Waals surface area contributed by atoms with E-state index in [0.29, 0.717) is 12.1 Å². The summed E-state index contributed by atoms with van der Waals surface area (Å²) in [4.78, 5) is 4.08. The number of hydrogen-bond donors (Lipinski definition) is 1. The standard InChI is InChI=1S/C13H13N2O2S/c1-2-15-18(16,17)13-6-4-3-5-12(13)11-7-9-14-10-8-11/h3-9,15H,2H2,1H3. The molecule has 0 spiro atoms. The second-order valence-corrected chi connectivity index (χ2v) is 5.41. The van der Waals surface area contributed by atoms with Gasteiger partial charge in [-0.05, 0) is 23.8 Å². The molecule has 0 saturated heterocycles. The van der Waals surface area contributed by atoms with Crippen LogP contribution in [0.15, 0.2) is 47.5 Å². The van der Waals surface area contributed by atoms with Crippen molar-refractivity contribution in [2.45, 2.75) is 11.8 Å². The summed E-state index contributed by atoms with van der Waals surface area (Å²) in [7, 11) is -3.47. The highest BCUT2D eigenvalue weighted by atomic mass is 32.2. The molecule has 0 saturated carbocycles. The normalized spacial score (nSPS) is 11.4. The Morgan fingerprint density at radius 1 is 1.28 bits per heavy atom. The smallest absolute Gasteiger partial charge is 0.241 e. The predicted molar refractivity (Wildman–Crippen MR) is 69.4 cm³/mol. The molecular weight excluding hydrogens is 248 g/mol. The van der Waals surface area contributed by atoms with Gasteiger partial charge >= 0.3 is 0 Å². The zero-order chi connectivity index (χ0) is 13.0. The quantitative estimate of drug-likeness (QED) is 0.913. The molecule has 18 heavy (non-hydrogen) atoms. The van der Waals surface area contributed by atoms with Crippen LogP contribution in [0.1, 0.15) is 6.92 Å². The third kappa shape index (κ3) is 2.57. The van der Waals surface area contributed by atoms with Gasteiger partial charge in [0.05, 0.1) is 11.1 Å². The van der Waals surface area contributed by atoms with Crippen LogP contribution in [0, 0.1) is 6.20 Å². The third-order valence-corrected chi connectivity index (χ3v) is 4.05. The Hall–Kier alpha value is -1.72. The van der Waals surface area contributed by atoms with Crippen LogP contribution in [0.5, 0.6) is 0 Å².